The fraction of sp³-hybridized carbons (Fsp3) is 0.448. The zero-order valence-electron chi connectivity index (χ0n) is 21.4. The van der Waals surface area contributed by atoms with Gasteiger partial charge in [-0.05, 0) is 75.2 Å². The number of ether oxygens (including phenoxy) is 1. The number of thioether (sulfide) groups is 1. The van der Waals surface area contributed by atoms with Gasteiger partial charge in [0.05, 0.1) is 6.33 Å². The number of benzene rings is 1. The Labute approximate surface area is 228 Å². The highest BCUT2D eigenvalue weighted by atomic mass is 35.5. The van der Waals surface area contributed by atoms with Gasteiger partial charge >= 0.3 is 0 Å². The van der Waals surface area contributed by atoms with Gasteiger partial charge in [0.2, 0.25) is 5.88 Å². The predicted molar refractivity (Wildman–Crippen MR) is 149 cm³/mol. The summed E-state index contributed by atoms with van der Waals surface area (Å²) in [6.07, 6.45) is 9.64. The molecule has 2 unspecified atom stereocenters. The summed E-state index contributed by atoms with van der Waals surface area (Å²) in [5.74, 6) is 1.14. The lowest BCUT2D eigenvalue weighted by molar-refractivity contribution is 0.204. The number of hydrogen-bond acceptors (Lipinski definition) is 5. The van der Waals surface area contributed by atoms with E-state index in [-0.39, 0.29) is 12.4 Å². The Morgan fingerprint density at radius 1 is 1.19 bits per heavy atom. The first-order chi connectivity index (χ1) is 18.0. The molecule has 0 spiro atoms. The standard InChI is InChI=1S/C29H34ClFN4OS/c1-3-35-19-32-16-25(35)14-23-13-20(2)37-28(23)17-34-11-9-21(10-12-34)27-5-4-6-29(33-27)36-18-22-7-8-24(30)15-26(22)31/h4-8,13,15-16,19,21,23,28H,3,9-12,14,17-18H2,1-2H3. The molecule has 2 aliphatic rings. The number of nitrogens with zero attached hydrogens (tertiary/aromatic N) is 4. The maximum Gasteiger partial charge on any atom is 0.213 e. The molecule has 5 rings (SSSR count). The zero-order chi connectivity index (χ0) is 25.8. The van der Waals surface area contributed by atoms with E-state index in [9.17, 15) is 4.39 Å². The second-order valence-corrected chi connectivity index (χ2v) is 11.9. The first-order valence-corrected chi connectivity index (χ1v) is 14.3. The summed E-state index contributed by atoms with van der Waals surface area (Å²) in [6.45, 7) is 8.77. The van der Waals surface area contributed by atoms with E-state index < -0.39 is 0 Å². The molecule has 8 heteroatoms. The topological polar surface area (TPSA) is 43.2 Å². The number of likely N-dealkylation sites (tertiary alicyclic amines) is 1. The van der Waals surface area contributed by atoms with Crippen molar-refractivity contribution in [1.29, 1.82) is 0 Å². The van der Waals surface area contributed by atoms with Crippen LogP contribution in [0.4, 0.5) is 4.39 Å². The van der Waals surface area contributed by atoms with Crippen LogP contribution in [-0.2, 0) is 19.6 Å². The third kappa shape index (κ3) is 6.57. The Morgan fingerprint density at radius 2 is 2.03 bits per heavy atom. The second-order valence-electron chi connectivity index (χ2n) is 9.97. The highest BCUT2D eigenvalue weighted by Gasteiger charge is 2.31. The first-order valence-electron chi connectivity index (χ1n) is 13.1. The van der Waals surface area contributed by atoms with Crippen molar-refractivity contribution in [3.8, 4) is 5.88 Å². The van der Waals surface area contributed by atoms with E-state index in [4.69, 9.17) is 21.3 Å². The Balaban J connectivity index is 1.14. The average Bonchev–Trinajstić information content (AvgIpc) is 3.49. The SMILES string of the molecule is CCn1cncc1CC1C=C(C)SC1CN1CCC(c2cccc(OCc3ccc(Cl)cc3F)n2)CC1. The molecule has 2 atom stereocenters. The molecule has 0 radical (unpaired) electrons. The first kappa shape index (κ1) is 26.3. The van der Waals surface area contributed by atoms with Crippen LogP contribution in [0, 0.1) is 11.7 Å². The highest BCUT2D eigenvalue weighted by molar-refractivity contribution is 8.03. The van der Waals surface area contributed by atoms with Crippen LogP contribution >= 0.6 is 23.4 Å². The zero-order valence-corrected chi connectivity index (χ0v) is 23.0. The maximum absolute atomic E-state index is 14.1. The largest absolute Gasteiger partial charge is 0.473 e. The lowest BCUT2D eigenvalue weighted by Gasteiger charge is -2.34. The Bertz CT molecular complexity index is 1240. The molecule has 196 valence electrons. The number of piperidine rings is 1. The molecular formula is C29H34ClFN4OS. The third-order valence-corrected chi connectivity index (χ3v) is 8.97. The van der Waals surface area contributed by atoms with Crippen molar-refractivity contribution in [2.24, 2.45) is 5.92 Å². The van der Waals surface area contributed by atoms with Gasteiger partial charge in [0.1, 0.15) is 12.4 Å². The van der Waals surface area contributed by atoms with E-state index in [0.717, 1.165) is 51.1 Å². The monoisotopic (exact) mass is 540 g/mol. The van der Waals surface area contributed by atoms with Gasteiger partial charge in [-0.1, -0.05) is 29.8 Å². The molecule has 4 heterocycles. The van der Waals surface area contributed by atoms with Crippen LogP contribution in [0.5, 0.6) is 5.88 Å². The lowest BCUT2D eigenvalue weighted by Crippen LogP contribution is -2.39. The fourth-order valence-electron chi connectivity index (χ4n) is 5.38. The van der Waals surface area contributed by atoms with E-state index in [1.54, 1.807) is 12.1 Å². The van der Waals surface area contributed by atoms with Gasteiger partial charge < -0.3 is 14.2 Å². The van der Waals surface area contributed by atoms with Crippen LogP contribution in [0.3, 0.4) is 0 Å². The van der Waals surface area contributed by atoms with E-state index in [1.165, 1.54) is 16.7 Å². The van der Waals surface area contributed by atoms with Crippen LogP contribution in [-0.4, -0.2) is 44.3 Å². The number of allylic oxidation sites excluding steroid dienone is 2. The molecule has 1 aromatic carbocycles. The summed E-state index contributed by atoms with van der Waals surface area (Å²) in [5.41, 5.74) is 2.86. The Kier molecular flexibility index (Phi) is 8.53. The summed E-state index contributed by atoms with van der Waals surface area (Å²) >= 11 is 7.88. The van der Waals surface area contributed by atoms with Gasteiger partial charge in [-0.3, -0.25) is 0 Å². The minimum atomic E-state index is -0.361. The van der Waals surface area contributed by atoms with E-state index in [0.29, 0.717) is 33.6 Å². The molecule has 2 aromatic heterocycles. The van der Waals surface area contributed by atoms with Gasteiger partial charge in [0.25, 0.3) is 0 Å². The number of imidazole rings is 1. The van der Waals surface area contributed by atoms with Gasteiger partial charge in [0, 0.05) is 58.5 Å². The summed E-state index contributed by atoms with van der Waals surface area (Å²) in [4.78, 5) is 13.2. The molecule has 3 aromatic rings. The Morgan fingerprint density at radius 3 is 2.81 bits per heavy atom. The van der Waals surface area contributed by atoms with Crippen LogP contribution in [0.2, 0.25) is 5.02 Å². The van der Waals surface area contributed by atoms with E-state index >= 15 is 0 Å². The second kappa shape index (κ2) is 12.0. The molecule has 1 saturated heterocycles. The molecule has 37 heavy (non-hydrogen) atoms. The summed E-state index contributed by atoms with van der Waals surface area (Å²) in [6, 6.07) is 10.5. The van der Waals surface area contributed by atoms with Crippen molar-refractivity contribution in [3.63, 3.8) is 0 Å². The molecule has 0 amide bonds. The summed E-state index contributed by atoms with van der Waals surface area (Å²) < 4.78 is 22.2. The highest BCUT2D eigenvalue weighted by Crippen LogP contribution is 2.39. The molecular weight excluding hydrogens is 507 g/mol. The number of halogens is 2. The number of pyridine rings is 1. The van der Waals surface area contributed by atoms with Crippen LogP contribution in [0.25, 0.3) is 0 Å². The molecule has 2 aliphatic heterocycles. The van der Waals surface area contributed by atoms with Crippen LogP contribution in [0.15, 0.2) is 59.9 Å². The van der Waals surface area contributed by atoms with Crippen molar-refractivity contribution < 1.29 is 9.13 Å². The summed E-state index contributed by atoms with van der Waals surface area (Å²) in [5, 5.41) is 0.963. The van der Waals surface area contributed by atoms with Crippen LogP contribution < -0.4 is 4.74 Å². The molecule has 0 bridgehead atoms. The van der Waals surface area contributed by atoms with Crippen molar-refractivity contribution in [2.45, 2.75) is 57.4 Å². The summed E-state index contributed by atoms with van der Waals surface area (Å²) in [7, 11) is 0. The number of rotatable bonds is 9. The minimum Gasteiger partial charge on any atom is -0.473 e. The normalized spacial score (nSPS) is 20.8. The number of aromatic nitrogens is 3. The molecule has 1 fully saturated rings. The third-order valence-electron chi connectivity index (χ3n) is 7.43. The molecule has 0 aliphatic carbocycles. The molecule has 0 N–H and O–H groups in total. The van der Waals surface area contributed by atoms with Gasteiger partial charge in [0.15, 0.2) is 0 Å². The van der Waals surface area contributed by atoms with Crippen LogP contribution in [0.1, 0.15) is 49.6 Å². The minimum absolute atomic E-state index is 0.130. The molecule has 0 saturated carbocycles. The lowest BCUT2D eigenvalue weighted by atomic mass is 9.92. The predicted octanol–water partition coefficient (Wildman–Crippen LogP) is 6.73. The Hall–Kier alpha value is -2.35. The van der Waals surface area contributed by atoms with Crippen molar-refractivity contribution in [1.82, 2.24) is 19.4 Å². The fourth-order valence-corrected chi connectivity index (χ4v) is 6.90. The maximum atomic E-state index is 14.1. The van der Waals surface area contributed by atoms with Crippen molar-refractivity contribution >= 4 is 23.4 Å². The van der Waals surface area contributed by atoms with Crippen molar-refractivity contribution in [2.75, 3.05) is 19.6 Å². The average molecular weight is 541 g/mol. The van der Waals surface area contributed by atoms with Crippen molar-refractivity contribution in [3.05, 3.63) is 87.7 Å². The van der Waals surface area contributed by atoms with Gasteiger partial charge in [-0.2, -0.15) is 0 Å². The smallest absolute Gasteiger partial charge is 0.213 e. The van der Waals surface area contributed by atoms with E-state index in [2.05, 4.69) is 40.4 Å². The van der Waals surface area contributed by atoms with Gasteiger partial charge in [-0.25, -0.2) is 14.4 Å². The number of aryl methyl sites for hydroxylation is 1. The van der Waals surface area contributed by atoms with E-state index in [1.807, 2.05) is 36.4 Å². The quantitative estimate of drug-likeness (QED) is 0.301. The van der Waals surface area contributed by atoms with Gasteiger partial charge in [-0.15, -0.1) is 11.8 Å². The molecule has 5 nitrogen and oxygen atoms in total. The number of hydrogen-bond donors (Lipinski definition) is 0.